The van der Waals surface area contributed by atoms with Gasteiger partial charge in [-0.3, -0.25) is 4.79 Å². The second-order valence-corrected chi connectivity index (χ2v) is 4.63. The van der Waals surface area contributed by atoms with E-state index in [1.807, 2.05) is 0 Å². The molecule has 0 aliphatic heterocycles. The van der Waals surface area contributed by atoms with Crippen molar-refractivity contribution >= 4 is 5.78 Å². The minimum absolute atomic E-state index is 0.0209. The van der Waals surface area contributed by atoms with E-state index in [9.17, 15) is 4.79 Å². The standard InChI is InChI=1S/C10H16O2/c1-6(2)10-3-8(10)7(5-11)9(12)4-10/h6-8,11H,3-5H2,1-2H3/t7-,8+,10-/m0/s1. The van der Waals surface area contributed by atoms with Crippen LogP contribution in [-0.2, 0) is 4.79 Å². The van der Waals surface area contributed by atoms with Gasteiger partial charge in [-0.05, 0) is 23.7 Å². The summed E-state index contributed by atoms with van der Waals surface area (Å²) in [6, 6.07) is 0. The lowest BCUT2D eigenvalue weighted by Crippen LogP contribution is -2.15. The van der Waals surface area contributed by atoms with Crippen LogP contribution in [0.2, 0.25) is 0 Å². The molecule has 0 spiro atoms. The molecule has 68 valence electrons. The van der Waals surface area contributed by atoms with Crippen LogP contribution < -0.4 is 0 Å². The van der Waals surface area contributed by atoms with Crippen LogP contribution in [-0.4, -0.2) is 17.5 Å². The molecule has 0 bridgehead atoms. The maximum atomic E-state index is 11.4. The molecule has 2 heteroatoms. The maximum Gasteiger partial charge on any atom is 0.139 e. The van der Waals surface area contributed by atoms with Gasteiger partial charge in [-0.1, -0.05) is 13.8 Å². The zero-order valence-corrected chi connectivity index (χ0v) is 7.71. The van der Waals surface area contributed by atoms with Gasteiger partial charge in [-0.25, -0.2) is 0 Å². The van der Waals surface area contributed by atoms with E-state index in [2.05, 4.69) is 13.8 Å². The molecule has 2 aliphatic rings. The third-order valence-corrected chi connectivity index (χ3v) is 3.93. The molecule has 0 aromatic carbocycles. The Balaban J connectivity index is 2.16. The fourth-order valence-electron chi connectivity index (χ4n) is 2.87. The first kappa shape index (κ1) is 8.24. The van der Waals surface area contributed by atoms with Gasteiger partial charge < -0.3 is 5.11 Å². The number of Topliss-reactive ketones (excluding diaryl/α,β-unsaturated/α-hetero) is 1. The molecule has 0 aromatic heterocycles. The number of rotatable bonds is 2. The average molecular weight is 168 g/mol. The van der Waals surface area contributed by atoms with E-state index in [1.165, 1.54) is 6.42 Å². The number of hydrogen-bond donors (Lipinski definition) is 1. The van der Waals surface area contributed by atoms with Crippen molar-refractivity contribution in [1.29, 1.82) is 0 Å². The number of carbonyl (C=O) groups excluding carboxylic acids is 1. The lowest BCUT2D eigenvalue weighted by atomic mass is 9.90. The number of ketones is 1. The summed E-state index contributed by atoms with van der Waals surface area (Å²) in [5.74, 6) is 1.38. The maximum absolute atomic E-state index is 11.4. The Labute approximate surface area is 73.0 Å². The third-order valence-electron chi connectivity index (χ3n) is 3.93. The van der Waals surface area contributed by atoms with Crippen LogP contribution >= 0.6 is 0 Å². The molecule has 0 saturated heterocycles. The van der Waals surface area contributed by atoms with Crippen molar-refractivity contribution in [3.05, 3.63) is 0 Å². The summed E-state index contributed by atoms with van der Waals surface area (Å²) in [7, 11) is 0. The molecule has 3 atom stereocenters. The lowest BCUT2D eigenvalue weighted by Gasteiger charge is -2.14. The SMILES string of the molecule is CC(C)[C@]12CC(=O)[C@@H](CO)[C@H]1C2. The van der Waals surface area contributed by atoms with Gasteiger partial charge >= 0.3 is 0 Å². The van der Waals surface area contributed by atoms with Crippen molar-refractivity contribution < 1.29 is 9.90 Å². The van der Waals surface area contributed by atoms with Crippen molar-refractivity contribution in [2.75, 3.05) is 6.61 Å². The third kappa shape index (κ3) is 0.817. The molecule has 0 radical (unpaired) electrons. The average Bonchev–Trinajstić information content (AvgIpc) is 2.61. The summed E-state index contributed by atoms with van der Waals surface area (Å²) in [5.41, 5.74) is 0.296. The Hall–Kier alpha value is -0.370. The van der Waals surface area contributed by atoms with Gasteiger partial charge in [0.1, 0.15) is 5.78 Å². The Morgan fingerprint density at radius 2 is 2.33 bits per heavy atom. The van der Waals surface area contributed by atoms with Crippen LogP contribution in [0, 0.1) is 23.2 Å². The summed E-state index contributed by atoms with van der Waals surface area (Å²) in [6.07, 6.45) is 1.89. The zero-order valence-electron chi connectivity index (χ0n) is 7.71. The van der Waals surface area contributed by atoms with Gasteiger partial charge in [0, 0.05) is 12.3 Å². The van der Waals surface area contributed by atoms with E-state index in [1.54, 1.807) is 0 Å². The van der Waals surface area contributed by atoms with E-state index >= 15 is 0 Å². The highest BCUT2D eigenvalue weighted by molar-refractivity contribution is 5.86. The molecule has 2 aliphatic carbocycles. The van der Waals surface area contributed by atoms with Crippen LogP contribution in [0.5, 0.6) is 0 Å². The summed E-state index contributed by atoms with van der Waals surface area (Å²) < 4.78 is 0. The molecule has 1 N–H and O–H groups in total. The Morgan fingerprint density at radius 1 is 1.67 bits per heavy atom. The second-order valence-electron chi connectivity index (χ2n) is 4.63. The quantitative estimate of drug-likeness (QED) is 0.673. The van der Waals surface area contributed by atoms with Gasteiger partial charge in [0.15, 0.2) is 0 Å². The molecular formula is C10H16O2. The van der Waals surface area contributed by atoms with Crippen molar-refractivity contribution in [3.8, 4) is 0 Å². The number of aliphatic hydroxyl groups is 1. The van der Waals surface area contributed by atoms with E-state index in [0.29, 0.717) is 23.0 Å². The van der Waals surface area contributed by atoms with Crippen molar-refractivity contribution in [3.63, 3.8) is 0 Å². The molecule has 0 heterocycles. The molecular weight excluding hydrogens is 152 g/mol. The minimum Gasteiger partial charge on any atom is -0.396 e. The first-order chi connectivity index (χ1) is 5.62. The van der Waals surface area contributed by atoms with Crippen molar-refractivity contribution in [2.24, 2.45) is 23.2 Å². The highest BCUT2D eigenvalue weighted by Gasteiger charge is 2.65. The summed E-state index contributed by atoms with van der Waals surface area (Å²) in [5, 5.41) is 9.01. The van der Waals surface area contributed by atoms with Gasteiger partial charge in [0.2, 0.25) is 0 Å². The van der Waals surface area contributed by atoms with Gasteiger partial charge in [-0.2, -0.15) is 0 Å². The summed E-state index contributed by atoms with van der Waals surface area (Å²) in [4.78, 5) is 11.4. The smallest absolute Gasteiger partial charge is 0.139 e. The number of aliphatic hydroxyl groups excluding tert-OH is 1. The van der Waals surface area contributed by atoms with Crippen molar-refractivity contribution in [1.82, 2.24) is 0 Å². The number of hydrogen-bond acceptors (Lipinski definition) is 2. The fraction of sp³-hybridized carbons (Fsp3) is 0.900. The lowest BCUT2D eigenvalue weighted by molar-refractivity contribution is -0.123. The Kier molecular flexibility index (Phi) is 1.59. The Morgan fingerprint density at radius 3 is 2.67 bits per heavy atom. The highest BCUT2D eigenvalue weighted by atomic mass is 16.3. The normalized spacial score (nSPS) is 45.2. The molecule has 2 rings (SSSR count). The largest absolute Gasteiger partial charge is 0.396 e. The van der Waals surface area contributed by atoms with E-state index < -0.39 is 0 Å². The Bertz CT molecular complexity index is 222. The number of carbonyl (C=O) groups is 1. The minimum atomic E-state index is -0.0209. The molecule has 0 unspecified atom stereocenters. The summed E-state index contributed by atoms with van der Waals surface area (Å²) >= 11 is 0. The zero-order chi connectivity index (χ0) is 8.93. The highest BCUT2D eigenvalue weighted by Crippen LogP contribution is 2.68. The molecule has 12 heavy (non-hydrogen) atoms. The van der Waals surface area contributed by atoms with Crippen LogP contribution in [0.15, 0.2) is 0 Å². The van der Waals surface area contributed by atoms with Gasteiger partial charge in [0.05, 0.1) is 6.61 Å². The first-order valence-corrected chi connectivity index (χ1v) is 4.75. The van der Waals surface area contributed by atoms with Gasteiger partial charge in [-0.15, -0.1) is 0 Å². The number of fused-ring (bicyclic) bond motifs is 1. The molecule has 0 aromatic rings. The van der Waals surface area contributed by atoms with Gasteiger partial charge in [0.25, 0.3) is 0 Å². The van der Waals surface area contributed by atoms with Crippen LogP contribution in [0.1, 0.15) is 26.7 Å². The van der Waals surface area contributed by atoms with Crippen LogP contribution in [0.25, 0.3) is 0 Å². The molecule has 0 amide bonds. The van der Waals surface area contributed by atoms with E-state index in [4.69, 9.17) is 5.11 Å². The molecule has 2 saturated carbocycles. The van der Waals surface area contributed by atoms with Crippen molar-refractivity contribution in [2.45, 2.75) is 26.7 Å². The first-order valence-electron chi connectivity index (χ1n) is 4.75. The topological polar surface area (TPSA) is 37.3 Å². The monoisotopic (exact) mass is 168 g/mol. The summed E-state index contributed by atoms with van der Waals surface area (Å²) in [6.45, 7) is 4.44. The molecule has 2 fully saturated rings. The fourth-order valence-corrected chi connectivity index (χ4v) is 2.87. The predicted molar refractivity (Wildman–Crippen MR) is 45.6 cm³/mol. The molecule has 2 nitrogen and oxygen atoms in total. The second kappa shape index (κ2) is 2.32. The van der Waals surface area contributed by atoms with E-state index in [0.717, 1.165) is 6.42 Å². The predicted octanol–water partition coefficient (Wildman–Crippen LogP) is 1.23. The van der Waals surface area contributed by atoms with Crippen LogP contribution in [0.4, 0.5) is 0 Å². The van der Waals surface area contributed by atoms with E-state index in [-0.39, 0.29) is 12.5 Å². The van der Waals surface area contributed by atoms with Crippen LogP contribution in [0.3, 0.4) is 0 Å².